The highest BCUT2D eigenvalue weighted by Crippen LogP contribution is 2.69. The third-order valence-corrected chi connectivity index (χ3v) is 15.4. The monoisotopic (exact) mass is 690 g/mol. The van der Waals surface area contributed by atoms with E-state index in [2.05, 4.69) is 15.1 Å². The van der Waals surface area contributed by atoms with Gasteiger partial charge >= 0.3 is 15.5 Å². The first-order valence-electron chi connectivity index (χ1n) is 13.4. The van der Waals surface area contributed by atoms with E-state index < -0.39 is 33.4 Å². The molecule has 2 rings (SSSR count). The van der Waals surface area contributed by atoms with Crippen LogP contribution in [0.3, 0.4) is 0 Å². The Morgan fingerprint density at radius 2 is 1.36 bits per heavy atom. The van der Waals surface area contributed by atoms with Gasteiger partial charge in [-0.3, -0.25) is 22.9 Å². The molecule has 0 bridgehead atoms. The lowest BCUT2D eigenvalue weighted by Gasteiger charge is -2.35. The Balaban J connectivity index is 2.23. The molecule has 0 N–H and O–H groups in total. The van der Waals surface area contributed by atoms with Gasteiger partial charge in [-0.1, -0.05) is 25.7 Å². The van der Waals surface area contributed by atoms with Gasteiger partial charge in [-0.15, -0.1) is 0 Å². The van der Waals surface area contributed by atoms with Crippen molar-refractivity contribution >= 4 is 46.0 Å². The van der Waals surface area contributed by atoms with Crippen LogP contribution in [-0.2, 0) is 39.0 Å². The summed E-state index contributed by atoms with van der Waals surface area (Å²) in [7, 11) is -1.69. The summed E-state index contributed by atoms with van der Waals surface area (Å²) in [6.07, 6.45) is 2.81. The van der Waals surface area contributed by atoms with Gasteiger partial charge in [-0.05, 0) is 91.4 Å². The molecule has 0 amide bonds. The number of anilines is 1. The standard InChI is InChI=1S/C26H41N6O8P3S/c1-10-25(3,29-30-27)39-23-16-12-21(13-17-23)20-28-31(5)41(44)26(4,11-2)40-24-18-14-22(15-19-24)32(42(33,35-6)36-7)43(34,37-8)38-9/h12-20,41H,10-11H2,1-9H3/b28-20+. The van der Waals surface area contributed by atoms with Gasteiger partial charge in [0.25, 0.3) is 0 Å². The smallest absolute Gasteiger partial charge is 0.443 e. The van der Waals surface area contributed by atoms with Crippen LogP contribution in [0.25, 0.3) is 10.4 Å². The lowest BCUT2D eigenvalue weighted by molar-refractivity contribution is 0.0921. The lowest BCUT2D eigenvalue weighted by Crippen LogP contribution is -2.30. The summed E-state index contributed by atoms with van der Waals surface area (Å²) in [5.41, 5.74) is 8.86. The zero-order valence-electron chi connectivity index (χ0n) is 26.4. The fraction of sp³-hybridized carbons (Fsp3) is 0.500. The Kier molecular flexibility index (Phi) is 13.9. The third kappa shape index (κ3) is 9.07. The molecule has 0 aliphatic rings. The molecule has 2 aromatic rings. The fourth-order valence-corrected chi connectivity index (χ4v) is 9.48. The number of hydrogen-bond donors (Lipinski definition) is 0. The molecule has 244 valence electrons. The van der Waals surface area contributed by atoms with Crippen molar-refractivity contribution in [1.29, 1.82) is 0 Å². The van der Waals surface area contributed by atoms with Crippen LogP contribution >= 0.6 is 22.3 Å². The van der Waals surface area contributed by atoms with E-state index in [-0.39, 0.29) is 5.69 Å². The summed E-state index contributed by atoms with van der Waals surface area (Å²) in [5.74, 6) is 1.05. The van der Waals surface area contributed by atoms with E-state index in [0.717, 1.165) is 10.0 Å². The van der Waals surface area contributed by atoms with Crippen LogP contribution in [0.4, 0.5) is 5.69 Å². The maximum atomic E-state index is 13.3. The maximum Gasteiger partial charge on any atom is 0.443 e. The van der Waals surface area contributed by atoms with Gasteiger partial charge in [0.15, 0.2) is 5.72 Å². The zero-order chi connectivity index (χ0) is 33.2. The van der Waals surface area contributed by atoms with Crippen molar-refractivity contribution in [2.75, 3.05) is 39.9 Å². The molecule has 18 heteroatoms. The Morgan fingerprint density at radius 3 is 1.80 bits per heavy atom. The second kappa shape index (κ2) is 16.2. The van der Waals surface area contributed by atoms with Gasteiger partial charge in [0.05, 0.1) is 18.7 Å². The molecule has 0 radical (unpaired) electrons. The molecule has 0 fully saturated rings. The summed E-state index contributed by atoms with van der Waals surface area (Å²) in [6.45, 7) is 5.70. The zero-order valence-corrected chi connectivity index (χ0v) is 30.0. The van der Waals surface area contributed by atoms with Crippen LogP contribution < -0.4 is 13.9 Å². The van der Waals surface area contributed by atoms with Gasteiger partial charge < -0.3 is 9.47 Å². The number of hydrogen-bond acceptors (Lipinski definition) is 11. The molecule has 0 aromatic heterocycles. The second-order valence-corrected chi connectivity index (χ2v) is 17.5. The number of rotatable bonds is 18. The largest absolute Gasteiger partial charge is 0.481 e. The highest BCUT2D eigenvalue weighted by atomic mass is 32.4. The minimum atomic E-state index is -4.09. The summed E-state index contributed by atoms with van der Waals surface area (Å²) in [6, 6.07) is 13.6. The van der Waals surface area contributed by atoms with Crippen LogP contribution in [-0.4, -0.2) is 57.5 Å². The van der Waals surface area contributed by atoms with Crippen molar-refractivity contribution in [3.63, 3.8) is 0 Å². The molecule has 0 saturated carbocycles. The topological polar surface area (TPSA) is 157 Å². The predicted molar refractivity (Wildman–Crippen MR) is 177 cm³/mol. The first kappa shape index (κ1) is 37.8. The van der Waals surface area contributed by atoms with Gasteiger partial charge in [-0.25, -0.2) is 9.13 Å². The minimum Gasteiger partial charge on any atom is -0.481 e. The van der Waals surface area contributed by atoms with Crippen molar-refractivity contribution in [3.8, 4) is 11.5 Å². The van der Waals surface area contributed by atoms with Crippen LogP contribution in [0.2, 0.25) is 0 Å². The average molecular weight is 691 g/mol. The number of nitrogens with zero attached hydrogens (tertiary/aromatic N) is 6. The number of hydrazone groups is 1. The Morgan fingerprint density at radius 1 is 0.886 bits per heavy atom. The van der Waals surface area contributed by atoms with E-state index in [1.54, 1.807) is 61.4 Å². The summed E-state index contributed by atoms with van der Waals surface area (Å²) >= 11 is 5.94. The molecule has 3 atom stereocenters. The highest BCUT2D eigenvalue weighted by molar-refractivity contribution is 8.04. The van der Waals surface area contributed by atoms with E-state index in [1.807, 2.05) is 32.9 Å². The van der Waals surface area contributed by atoms with Crippen molar-refractivity contribution in [2.24, 2.45) is 10.2 Å². The van der Waals surface area contributed by atoms with Crippen LogP contribution in [0.1, 0.15) is 46.1 Å². The number of benzene rings is 2. The molecule has 3 unspecified atom stereocenters. The van der Waals surface area contributed by atoms with Crippen molar-refractivity contribution in [1.82, 2.24) is 4.78 Å². The van der Waals surface area contributed by atoms with Gasteiger partial charge in [-0.2, -0.15) is 9.54 Å². The molecule has 0 aliphatic carbocycles. The van der Waals surface area contributed by atoms with Crippen molar-refractivity contribution in [2.45, 2.75) is 51.6 Å². The molecule has 2 aromatic carbocycles. The Bertz CT molecular complexity index is 1400. The van der Waals surface area contributed by atoms with Crippen LogP contribution in [0.5, 0.6) is 11.5 Å². The number of ether oxygens (including phenoxy) is 2. The lowest BCUT2D eigenvalue weighted by atomic mass is 10.2. The molecule has 0 saturated heterocycles. The second-order valence-electron chi connectivity index (χ2n) is 9.60. The minimum absolute atomic E-state index is 0.203. The summed E-state index contributed by atoms with van der Waals surface area (Å²) in [4.78, 5) is 2.87. The highest BCUT2D eigenvalue weighted by Gasteiger charge is 2.46. The SMILES string of the molecule is CCC(C)(N=[N+]=[N-])Oc1ccc(/C=N/N(C)[PH](=S)C(C)(CC)Oc2ccc(N(P(=O)(OC)OC)P(=O)(OC)OC)cc2)cc1. The molecule has 44 heavy (non-hydrogen) atoms. The normalized spacial score (nSPS) is 15.5. The molecule has 14 nitrogen and oxygen atoms in total. The van der Waals surface area contributed by atoms with Gasteiger partial charge in [0.1, 0.15) is 16.8 Å². The third-order valence-electron chi connectivity index (χ3n) is 6.73. The van der Waals surface area contributed by atoms with Gasteiger partial charge in [0.2, 0.25) is 0 Å². The Hall–Kier alpha value is -2.43. The molecule has 0 aliphatic heterocycles. The van der Waals surface area contributed by atoms with E-state index in [0.29, 0.717) is 24.3 Å². The van der Waals surface area contributed by atoms with E-state index in [1.165, 1.54) is 28.4 Å². The number of azide groups is 1. The van der Waals surface area contributed by atoms with Crippen molar-refractivity contribution < 1.29 is 36.7 Å². The summed E-state index contributed by atoms with van der Waals surface area (Å²) < 4.78 is 61.7. The van der Waals surface area contributed by atoms with Gasteiger partial charge in [0, 0.05) is 40.4 Å². The molecule has 0 heterocycles. The first-order chi connectivity index (χ1) is 20.7. The molecular formula is C26H41N6O8P3S. The quantitative estimate of drug-likeness (QED) is 0.0371. The fourth-order valence-electron chi connectivity index (χ4n) is 3.73. The summed E-state index contributed by atoms with van der Waals surface area (Å²) in [5, 5.41) is 7.55. The van der Waals surface area contributed by atoms with E-state index in [9.17, 15) is 9.13 Å². The van der Waals surface area contributed by atoms with E-state index in [4.69, 9.17) is 44.9 Å². The first-order valence-corrected chi connectivity index (χ1v) is 19.0. The Labute approximate surface area is 264 Å². The van der Waals surface area contributed by atoms with Crippen LogP contribution in [0, 0.1) is 0 Å². The maximum absolute atomic E-state index is 13.3. The molecular weight excluding hydrogens is 649 g/mol. The predicted octanol–water partition coefficient (Wildman–Crippen LogP) is 8.17. The molecule has 0 spiro atoms. The van der Waals surface area contributed by atoms with Crippen LogP contribution in [0.15, 0.2) is 58.7 Å². The average Bonchev–Trinajstić information content (AvgIpc) is 3.04. The van der Waals surface area contributed by atoms with Crippen molar-refractivity contribution in [3.05, 3.63) is 64.5 Å². The van der Waals surface area contributed by atoms with E-state index >= 15 is 0 Å².